The number of carboxylic acid groups (broad SMARTS) is 1. The van der Waals surface area contributed by atoms with Crippen molar-refractivity contribution in [3.63, 3.8) is 0 Å². The van der Waals surface area contributed by atoms with Crippen molar-refractivity contribution in [2.24, 2.45) is 10.8 Å². The van der Waals surface area contributed by atoms with Crippen LogP contribution in [-0.4, -0.2) is 75.5 Å². The molecule has 1 aliphatic rings. The Hall–Kier alpha value is -1.75. The number of Topliss-reactive ketones (excluding diaryl/α,β-unsaturated/α-hetero) is 1. The van der Waals surface area contributed by atoms with Gasteiger partial charge in [0.15, 0.2) is 6.10 Å². The van der Waals surface area contributed by atoms with Crippen LogP contribution in [-0.2, 0) is 19.1 Å². The van der Waals surface area contributed by atoms with Gasteiger partial charge in [-0.15, -0.1) is 0 Å². The molecule has 0 aromatic rings. The fourth-order valence-electron chi connectivity index (χ4n) is 2.37. The van der Waals surface area contributed by atoms with Crippen molar-refractivity contribution in [3.05, 3.63) is 0 Å². The summed E-state index contributed by atoms with van der Waals surface area (Å²) in [4.78, 5) is 35.1. The Morgan fingerprint density at radius 1 is 1.00 bits per heavy atom. The van der Waals surface area contributed by atoms with Gasteiger partial charge in [-0.2, -0.15) is 0 Å². The second-order valence-corrected chi connectivity index (χ2v) is 8.51. The largest absolute Gasteiger partial charge is 0.479 e. The number of carbonyl (C=O) groups excluding carboxylic acids is 2. The van der Waals surface area contributed by atoms with Crippen molar-refractivity contribution in [3.8, 4) is 0 Å². The van der Waals surface area contributed by atoms with Crippen molar-refractivity contribution >= 4 is 17.8 Å². The van der Waals surface area contributed by atoms with E-state index < -0.39 is 53.6 Å². The molecule has 0 aromatic carbocycles. The Morgan fingerprint density at radius 3 is 2.04 bits per heavy atom. The average molecular weight is 391 g/mol. The maximum atomic E-state index is 12.1. The summed E-state index contributed by atoms with van der Waals surface area (Å²) in [6.07, 6.45) is -10.0. The van der Waals surface area contributed by atoms with Gasteiger partial charge in [0.1, 0.15) is 24.1 Å². The smallest absolute Gasteiger partial charge is 0.409 e. The minimum atomic E-state index is -1.87. The van der Waals surface area contributed by atoms with Gasteiger partial charge >= 0.3 is 12.1 Å². The number of ether oxygens (including phenoxy) is 2. The minimum Gasteiger partial charge on any atom is -0.479 e. The monoisotopic (exact) mass is 391 g/mol. The molecule has 1 fully saturated rings. The topological polar surface area (TPSA) is 163 Å². The molecule has 1 aliphatic heterocycles. The second-order valence-electron chi connectivity index (χ2n) is 8.51. The zero-order valence-electron chi connectivity index (χ0n) is 16.1. The number of aliphatic hydroxyl groups excluding tert-OH is 3. The molecule has 5 atom stereocenters. The van der Waals surface area contributed by atoms with Crippen molar-refractivity contribution in [1.82, 2.24) is 5.32 Å². The Bertz CT molecular complexity index is 569. The van der Waals surface area contributed by atoms with E-state index in [0.29, 0.717) is 0 Å². The van der Waals surface area contributed by atoms with Crippen LogP contribution in [0.3, 0.4) is 0 Å². The molecule has 0 radical (unpaired) electrons. The molecule has 5 unspecified atom stereocenters. The molecule has 156 valence electrons. The summed E-state index contributed by atoms with van der Waals surface area (Å²) < 4.78 is 9.69. The summed E-state index contributed by atoms with van der Waals surface area (Å²) in [5, 5.41) is 40.5. The lowest BCUT2D eigenvalue weighted by atomic mass is 9.79. The lowest BCUT2D eigenvalue weighted by Gasteiger charge is -2.38. The molecule has 10 heteroatoms. The Kier molecular flexibility index (Phi) is 7.34. The minimum absolute atomic E-state index is 0.0233. The maximum Gasteiger partial charge on any atom is 0.409 e. The van der Waals surface area contributed by atoms with E-state index in [0.717, 1.165) is 0 Å². The third-order valence-corrected chi connectivity index (χ3v) is 4.22. The van der Waals surface area contributed by atoms with E-state index in [-0.39, 0.29) is 18.7 Å². The van der Waals surface area contributed by atoms with E-state index in [1.54, 1.807) is 34.6 Å². The van der Waals surface area contributed by atoms with Crippen LogP contribution in [0.25, 0.3) is 0 Å². The number of nitrogens with one attached hydrogen (secondary N) is 1. The van der Waals surface area contributed by atoms with Gasteiger partial charge in [0.25, 0.3) is 0 Å². The van der Waals surface area contributed by atoms with Gasteiger partial charge in [0, 0.05) is 18.4 Å². The van der Waals surface area contributed by atoms with Crippen LogP contribution in [0.2, 0.25) is 0 Å². The molecule has 1 amide bonds. The van der Waals surface area contributed by atoms with Crippen molar-refractivity contribution < 1.29 is 44.3 Å². The first-order chi connectivity index (χ1) is 12.2. The van der Waals surface area contributed by atoms with Crippen molar-refractivity contribution in [2.75, 3.05) is 6.54 Å². The first-order valence-electron chi connectivity index (χ1n) is 8.56. The average Bonchev–Trinajstić information content (AvgIpc) is 2.52. The number of carbonyl (C=O) groups is 3. The first-order valence-corrected chi connectivity index (χ1v) is 8.56. The van der Waals surface area contributed by atoms with Gasteiger partial charge in [0.05, 0.1) is 0 Å². The molecular formula is C17H29NO9. The summed E-state index contributed by atoms with van der Waals surface area (Å²) in [6.45, 7) is 9.03. The fraction of sp³-hybridized carbons (Fsp3) is 0.824. The van der Waals surface area contributed by atoms with Gasteiger partial charge in [-0.3, -0.25) is 4.79 Å². The highest BCUT2D eigenvalue weighted by Crippen LogP contribution is 2.27. The van der Waals surface area contributed by atoms with E-state index in [4.69, 9.17) is 14.6 Å². The summed E-state index contributed by atoms with van der Waals surface area (Å²) in [6, 6.07) is 0. The van der Waals surface area contributed by atoms with Gasteiger partial charge in [-0.1, -0.05) is 34.6 Å². The highest BCUT2D eigenvalue weighted by Gasteiger charge is 2.48. The standard InChI is InChI=1S/C17H29NO9/c1-16(2,3)8(19)6-17(4,5)7-18-15(25)27-14-11(22)9(20)10(21)12(26-14)13(23)24/h9-12,14,20-22H,6-7H2,1-5H3,(H,18,25)(H,23,24). The molecule has 0 aromatic heterocycles. The summed E-state index contributed by atoms with van der Waals surface area (Å²) in [5.74, 6) is -1.56. The van der Waals surface area contributed by atoms with Gasteiger partial charge in [-0.25, -0.2) is 9.59 Å². The summed E-state index contributed by atoms with van der Waals surface area (Å²) >= 11 is 0. The Labute approximate surface area is 157 Å². The Balaban J connectivity index is 2.63. The highest BCUT2D eigenvalue weighted by molar-refractivity contribution is 5.84. The molecule has 0 spiro atoms. The molecule has 1 saturated heterocycles. The zero-order valence-corrected chi connectivity index (χ0v) is 16.1. The Morgan fingerprint density at radius 2 is 1.56 bits per heavy atom. The summed E-state index contributed by atoms with van der Waals surface area (Å²) in [7, 11) is 0. The number of aliphatic hydroxyl groups is 3. The van der Waals surface area contributed by atoms with Crippen molar-refractivity contribution in [1.29, 1.82) is 0 Å². The van der Waals surface area contributed by atoms with Crippen LogP contribution in [0, 0.1) is 10.8 Å². The molecule has 27 heavy (non-hydrogen) atoms. The van der Waals surface area contributed by atoms with Crippen LogP contribution in [0.15, 0.2) is 0 Å². The number of carboxylic acids is 1. The number of amides is 1. The molecule has 1 heterocycles. The zero-order chi connectivity index (χ0) is 21.2. The second kappa shape index (κ2) is 8.51. The van der Waals surface area contributed by atoms with Gasteiger partial charge in [0.2, 0.25) is 6.29 Å². The molecule has 5 N–H and O–H groups in total. The maximum absolute atomic E-state index is 12.1. The SMILES string of the molecule is CC(C)(CNC(=O)OC1OC(C(=O)O)C(O)C(O)C1O)CC(=O)C(C)(C)C. The van der Waals surface area contributed by atoms with E-state index in [2.05, 4.69) is 5.32 Å². The lowest BCUT2D eigenvalue weighted by molar-refractivity contribution is -0.278. The quantitative estimate of drug-likeness (QED) is 0.407. The van der Waals surface area contributed by atoms with E-state index >= 15 is 0 Å². The van der Waals surface area contributed by atoms with E-state index in [1.165, 1.54) is 0 Å². The van der Waals surface area contributed by atoms with Crippen LogP contribution in [0.1, 0.15) is 41.0 Å². The number of rotatable bonds is 6. The normalized spacial score (nSPS) is 29.1. The molecular weight excluding hydrogens is 362 g/mol. The molecule has 0 saturated carbocycles. The summed E-state index contributed by atoms with van der Waals surface area (Å²) in [5.41, 5.74) is -1.09. The van der Waals surface area contributed by atoms with Crippen LogP contribution < -0.4 is 5.32 Å². The predicted molar refractivity (Wildman–Crippen MR) is 91.7 cm³/mol. The van der Waals surface area contributed by atoms with Gasteiger partial charge in [-0.05, 0) is 5.41 Å². The molecule has 0 bridgehead atoms. The number of hydrogen-bond acceptors (Lipinski definition) is 8. The molecule has 1 rings (SSSR count). The third-order valence-electron chi connectivity index (χ3n) is 4.22. The lowest BCUT2D eigenvalue weighted by Crippen LogP contribution is -2.61. The predicted octanol–water partition coefficient (Wildman–Crippen LogP) is -0.364. The molecule has 10 nitrogen and oxygen atoms in total. The van der Waals surface area contributed by atoms with Crippen LogP contribution in [0.5, 0.6) is 0 Å². The van der Waals surface area contributed by atoms with Crippen LogP contribution >= 0.6 is 0 Å². The number of alkyl carbamates (subject to hydrolysis) is 1. The third kappa shape index (κ3) is 6.42. The van der Waals surface area contributed by atoms with Crippen molar-refractivity contribution in [2.45, 2.75) is 71.7 Å². The van der Waals surface area contributed by atoms with Gasteiger partial charge < -0.3 is 35.2 Å². The number of aliphatic carboxylic acids is 1. The highest BCUT2D eigenvalue weighted by atomic mass is 16.7. The number of ketones is 1. The molecule has 0 aliphatic carbocycles. The van der Waals surface area contributed by atoms with E-state index in [9.17, 15) is 29.7 Å². The van der Waals surface area contributed by atoms with E-state index in [1.807, 2.05) is 0 Å². The first kappa shape index (κ1) is 23.3. The fourth-order valence-corrected chi connectivity index (χ4v) is 2.37. The van der Waals surface area contributed by atoms with Crippen LogP contribution in [0.4, 0.5) is 4.79 Å². The number of hydrogen-bond donors (Lipinski definition) is 5.